The minimum Gasteiger partial charge on any atom is -0.507 e. The van der Waals surface area contributed by atoms with E-state index in [9.17, 15) is 9.90 Å². The van der Waals surface area contributed by atoms with Crippen molar-refractivity contribution >= 4 is 46.1 Å². The molecule has 0 aliphatic carbocycles. The van der Waals surface area contributed by atoms with Crippen molar-refractivity contribution in [3.05, 3.63) is 68.1 Å². The highest BCUT2D eigenvalue weighted by atomic mass is 35.5. The Morgan fingerprint density at radius 2 is 1.88 bits per heavy atom. The summed E-state index contributed by atoms with van der Waals surface area (Å²) < 4.78 is 5.06. The van der Waals surface area contributed by atoms with Gasteiger partial charge < -0.3 is 14.8 Å². The molecule has 0 unspecified atom stereocenters. The number of hydrogen-bond acceptors (Lipinski definition) is 4. The molecule has 3 rings (SSSR count). The van der Waals surface area contributed by atoms with E-state index in [1.807, 2.05) is 0 Å². The quantitative estimate of drug-likeness (QED) is 0.681. The number of methoxy groups -OCH3 is 1. The molecule has 0 bridgehead atoms. The summed E-state index contributed by atoms with van der Waals surface area (Å²) >= 11 is 11.9. The third-order valence-corrected chi connectivity index (χ3v) is 4.14. The number of aliphatic hydroxyl groups is 1. The molecule has 24 heavy (non-hydrogen) atoms. The number of halogens is 2. The molecule has 5 nitrogen and oxygen atoms in total. The monoisotopic (exact) mass is 362 g/mol. The van der Waals surface area contributed by atoms with E-state index in [1.165, 1.54) is 12.1 Å². The van der Waals surface area contributed by atoms with E-state index >= 15 is 0 Å². The van der Waals surface area contributed by atoms with Gasteiger partial charge in [0, 0.05) is 11.6 Å². The number of benzene rings is 2. The number of aromatic amines is 1. The lowest BCUT2D eigenvalue weighted by molar-refractivity contribution is 0.414. The first-order valence-electron chi connectivity index (χ1n) is 6.92. The third-order valence-electron chi connectivity index (χ3n) is 3.42. The van der Waals surface area contributed by atoms with Crippen LogP contribution in [0, 0.1) is 0 Å². The maximum atomic E-state index is 12.1. The molecule has 7 heteroatoms. The molecule has 0 atom stereocenters. The largest absolute Gasteiger partial charge is 0.507 e. The summed E-state index contributed by atoms with van der Waals surface area (Å²) in [7, 11) is 1.56. The Labute approximate surface area is 147 Å². The smallest absolute Gasteiger partial charge is 0.274 e. The molecule has 1 aromatic heterocycles. The standard InChI is InChI=1S/C17H12Cl2N2O3/c1-24-10-4-2-9(3-5-10)16(22)8-15-17(23)21-14-7-12(19)11(18)6-13(14)20-15/h2-8,22H,1H3,(H,21,23). The number of nitrogens with one attached hydrogen (secondary N) is 1. The molecule has 0 aliphatic heterocycles. The van der Waals surface area contributed by atoms with Crippen molar-refractivity contribution in [1.82, 2.24) is 9.97 Å². The van der Waals surface area contributed by atoms with Crippen LogP contribution in [0.2, 0.25) is 10.0 Å². The summed E-state index contributed by atoms with van der Waals surface area (Å²) in [6.07, 6.45) is 1.29. The average molecular weight is 363 g/mol. The summed E-state index contributed by atoms with van der Waals surface area (Å²) in [6.45, 7) is 0. The van der Waals surface area contributed by atoms with Gasteiger partial charge in [-0.1, -0.05) is 23.2 Å². The summed E-state index contributed by atoms with van der Waals surface area (Å²) in [6, 6.07) is 9.85. The van der Waals surface area contributed by atoms with Gasteiger partial charge in [0.1, 0.15) is 17.2 Å². The minimum atomic E-state index is -0.444. The van der Waals surface area contributed by atoms with Crippen molar-refractivity contribution in [2.24, 2.45) is 0 Å². The van der Waals surface area contributed by atoms with E-state index in [2.05, 4.69) is 9.97 Å². The van der Waals surface area contributed by atoms with Gasteiger partial charge in [0.05, 0.1) is 28.2 Å². The molecule has 0 saturated carbocycles. The second-order valence-electron chi connectivity index (χ2n) is 4.99. The highest BCUT2D eigenvalue weighted by Gasteiger charge is 2.08. The fraction of sp³-hybridized carbons (Fsp3) is 0.0588. The normalized spacial score (nSPS) is 11.7. The maximum absolute atomic E-state index is 12.1. The van der Waals surface area contributed by atoms with Crippen LogP contribution in [0.1, 0.15) is 11.3 Å². The molecular formula is C17H12Cl2N2O3. The van der Waals surface area contributed by atoms with Crippen molar-refractivity contribution in [2.75, 3.05) is 7.11 Å². The first kappa shape index (κ1) is 16.4. The lowest BCUT2D eigenvalue weighted by atomic mass is 10.1. The van der Waals surface area contributed by atoms with E-state index in [4.69, 9.17) is 27.9 Å². The van der Waals surface area contributed by atoms with E-state index in [0.29, 0.717) is 32.4 Å². The molecule has 2 aromatic carbocycles. The van der Waals surface area contributed by atoms with Gasteiger partial charge in [-0.2, -0.15) is 0 Å². The Morgan fingerprint density at radius 3 is 2.54 bits per heavy atom. The zero-order chi connectivity index (χ0) is 17.3. The molecule has 3 aromatic rings. The van der Waals surface area contributed by atoms with Crippen LogP contribution in [0.25, 0.3) is 22.9 Å². The predicted molar refractivity (Wildman–Crippen MR) is 95.9 cm³/mol. The molecule has 0 aliphatic rings. The first-order chi connectivity index (χ1) is 11.5. The van der Waals surface area contributed by atoms with Crippen molar-refractivity contribution in [2.45, 2.75) is 0 Å². The van der Waals surface area contributed by atoms with Gasteiger partial charge in [-0.05, 0) is 36.4 Å². The molecule has 122 valence electrons. The van der Waals surface area contributed by atoms with Gasteiger partial charge in [0.2, 0.25) is 0 Å². The van der Waals surface area contributed by atoms with Crippen LogP contribution < -0.4 is 10.3 Å². The van der Waals surface area contributed by atoms with Gasteiger partial charge in [-0.3, -0.25) is 4.79 Å². The van der Waals surface area contributed by atoms with Gasteiger partial charge in [0.15, 0.2) is 0 Å². The Bertz CT molecular complexity index is 995. The first-order valence-corrected chi connectivity index (χ1v) is 7.67. The molecule has 0 radical (unpaired) electrons. The molecule has 0 fully saturated rings. The number of aromatic nitrogens is 2. The van der Waals surface area contributed by atoms with Crippen LogP contribution in [0.5, 0.6) is 5.75 Å². The fourth-order valence-electron chi connectivity index (χ4n) is 2.17. The fourth-order valence-corrected chi connectivity index (χ4v) is 2.49. The second-order valence-corrected chi connectivity index (χ2v) is 5.81. The maximum Gasteiger partial charge on any atom is 0.274 e. The van der Waals surface area contributed by atoms with Gasteiger partial charge in [-0.25, -0.2) is 4.98 Å². The highest BCUT2D eigenvalue weighted by Crippen LogP contribution is 2.25. The lowest BCUT2D eigenvalue weighted by Gasteiger charge is -2.04. The predicted octanol–water partition coefficient (Wildman–Crippen LogP) is 4.29. The van der Waals surface area contributed by atoms with Crippen LogP contribution in [-0.2, 0) is 0 Å². The van der Waals surface area contributed by atoms with Crippen LogP contribution in [-0.4, -0.2) is 22.2 Å². The van der Waals surface area contributed by atoms with E-state index in [1.54, 1.807) is 37.4 Å². The van der Waals surface area contributed by atoms with Crippen molar-refractivity contribution in [3.63, 3.8) is 0 Å². The third kappa shape index (κ3) is 3.22. The Hall–Kier alpha value is -2.50. The molecule has 0 amide bonds. The number of hydrogen-bond donors (Lipinski definition) is 2. The zero-order valence-corrected chi connectivity index (χ0v) is 14.0. The van der Waals surface area contributed by atoms with Gasteiger partial charge in [-0.15, -0.1) is 0 Å². The van der Waals surface area contributed by atoms with Crippen LogP contribution in [0.4, 0.5) is 0 Å². The average Bonchev–Trinajstić information content (AvgIpc) is 2.57. The Kier molecular flexibility index (Phi) is 4.46. The van der Waals surface area contributed by atoms with Crippen molar-refractivity contribution in [1.29, 1.82) is 0 Å². The van der Waals surface area contributed by atoms with Crippen molar-refractivity contribution in [3.8, 4) is 5.75 Å². The Balaban J connectivity index is 2.05. The van der Waals surface area contributed by atoms with Gasteiger partial charge in [0.25, 0.3) is 5.56 Å². The molecule has 1 heterocycles. The number of H-pyrrole nitrogens is 1. The summed E-state index contributed by atoms with van der Waals surface area (Å²) in [5, 5.41) is 10.9. The topological polar surface area (TPSA) is 75.2 Å². The van der Waals surface area contributed by atoms with E-state index < -0.39 is 5.56 Å². The van der Waals surface area contributed by atoms with E-state index in [0.717, 1.165) is 0 Å². The summed E-state index contributed by atoms with van der Waals surface area (Å²) in [5.41, 5.74) is 1.09. The molecule has 2 N–H and O–H groups in total. The number of rotatable bonds is 3. The van der Waals surface area contributed by atoms with Crippen LogP contribution in [0.3, 0.4) is 0 Å². The summed E-state index contributed by atoms with van der Waals surface area (Å²) in [4.78, 5) is 19.0. The summed E-state index contributed by atoms with van der Waals surface area (Å²) in [5.74, 6) is 0.579. The number of ether oxygens (including phenoxy) is 1. The number of fused-ring (bicyclic) bond motifs is 1. The molecule has 0 spiro atoms. The Morgan fingerprint density at radius 1 is 1.21 bits per heavy atom. The van der Waals surface area contributed by atoms with Crippen LogP contribution >= 0.6 is 23.2 Å². The van der Waals surface area contributed by atoms with Gasteiger partial charge >= 0.3 is 0 Å². The van der Waals surface area contributed by atoms with Crippen molar-refractivity contribution < 1.29 is 9.84 Å². The molecule has 0 saturated heterocycles. The van der Waals surface area contributed by atoms with E-state index in [-0.39, 0.29) is 11.5 Å². The van der Waals surface area contributed by atoms with Crippen LogP contribution in [0.15, 0.2) is 41.2 Å². The SMILES string of the molecule is COc1ccc(C(O)=Cc2nc3cc(Cl)c(Cl)cc3[nH]c2=O)cc1. The molecular weight excluding hydrogens is 351 g/mol. The lowest BCUT2D eigenvalue weighted by Crippen LogP contribution is -2.12. The zero-order valence-electron chi connectivity index (χ0n) is 12.5. The minimum absolute atomic E-state index is 0.0641. The number of aliphatic hydroxyl groups excluding tert-OH is 1. The highest BCUT2D eigenvalue weighted by molar-refractivity contribution is 6.42. The second kappa shape index (κ2) is 6.55. The number of nitrogens with zero attached hydrogens (tertiary/aromatic N) is 1.